The molecule has 4 rings (SSSR count). The summed E-state index contributed by atoms with van der Waals surface area (Å²) < 4.78 is 11.3. The highest BCUT2D eigenvalue weighted by Gasteiger charge is 2.14. The summed E-state index contributed by atoms with van der Waals surface area (Å²) in [5, 5.41) is 5.93. The van der Waals surface area contributed by atoms with Gasteiger partial charge < -0.3 is 14.8 Å². The minimum atomic E-state index is -0.0997. The maximum absolute atomic E-state index is 13.1. The number of hydrogen-bond acceptors (Lipinski definition) is 5. The Kier molecular flexibility index (Phi) is 7.02. The molecule has 0 bridgehead atoms. The number of para-hydroxylation sites is 1. The highest BCUT2D eigenvalue weighted by Crippen LogP contribution is 2.29. The molecular weight excluding hydrogens is 420 g/mol. The van der Waals surface area contributed by atoms with E-state index in [0.29, 0.717) is 31.7 Å². The molecule has 164 valence electrons. The lowest BCUT2D eigenvalue weighted by molar-refractivity contribution is 0.0955. The van der Waals surface area contributed by atoms with Crippen molar-refractivity contribution < 1.29 is 14.3 Å². The average Bonchev–Trinajstić information content (AvgIpc) is 3.35. The Morgan fingerprint density at radius 1 is 0.969 bits per heavy atom. The predicted octanol–water partition coefficient (Wildman–Crippen LogP) is 5.73. The van der Waals surface area contributed by atoms with Gasteiger partial charge in [0.1, 0.15) is 0 Å². The van der Waals surface area contributed by atoms with Gasteiger partial charge in [0.15, 0.2) is 11.5 Å². The second-order valence-electron chi connectivity index (χ2n) is 7.20. The fraction of sp³-hybridized carbons (Fsp3) is 0.231. The van der Waals surface area contributed by atoms with Crippen molar-refractivity contribution in [3.05, 3.63) is 77.2 Å². The molecule has 6 heteroatoms. The van der Waals surface area contributed by atoms with Gasteiger partial charge in [-0.25, -0.2) is 4.98 Å². The third kappa shape index (κ3) is 4.92. The Morgan fingerprint density at radius 3 is 2.56 bits per heavy atom. The third-order valence-electron chi connectivity index (χ3n) is 5.04. The number of carbonyl (C=O) groups excluding carboxylic acids is 1. The van der Waals surface area contributed by atoms with Crippen molar-refractivity contribution in [2.24, 2.45) is 0 Å². The molecule has 0 saturated heterocycles. The molecular formula is C26H26N2O3S. The van der Waals surface area contributed by atoms with Gasteiger partial charge in [-0.05, 0) is 61.5 Å². The first-order valence-corrected chi connectivity index (χ1v) is 11.7. The largest absolute Gasteiger partial charge is 0.490 e. The summed E-state index contributed by atoms with van der Waals surface area (Å²) in [5.74, 6) is 1.38. The van der Waals surface area contributed by atoms with E-state index in [9.17, 15) is 4.79 Å². The zero-order chi connectivity index (χ0) is 22.3. The monoisotopic (exact) mass is 446 g/mol. The molecule has 0 spiro atoms. The van der Waals surface area contributed by atoms with Crippen molar-refractivity contribution in [3.8, 4) is 22.1 Å². The van der Waals surface area contributed by atoms with Gasteiger partial charge in [0, 0.05) is 11.9 Å². The third-order valence-corrected chi connectivity index (χ3v) is 5.93. The van der Waals surface area contributed by atoms with Crippen molar-refractivity contribution in [1.82, 2.24) is 10.3 Å². The fourth-order valence-corrected chi connectivity index (χ4v) is 4.27. The van der Waals surface area contributed by atoms with Crippen LogP contribution in [0.25, 0.3) is 21.5 Å². The number of aromatic nitrogens is 1. The van der Waals surface area contributed by atoms with E-state index in [0.717, 1.165) is 38.5 Å². The molecule has 0 aliphatic heterocycles. The van der Waals surface area contributed by atoms with Crippen LogP contribution in [0.4, 0.5) is 0 Å². The molecule has 2 aromatic carbocycles. The van der Waals surface area contributed by atoms with Crippen LogP contribution in [-0.4, -0.2) is 30.6 Å². The number of carbonyl (C=O) groups is 1. The SMILES string of the molecule is CCOc1ccc(CCNC(=O)c2cc(-c3cccs3)nc3ccccc23)cc1OCC. The van der Waals surface area contributed by atoms with Crippen LogP contribution in [0, 0.1) is 0 Å². The summed E-state index contributed by atoms with van der Waals surface area (Å²) in [6.45, 7) is 5.58. The normalized spacial score (nSPS) is 10.8. The standard InChI is InChI=1S/C26H26N2O3S/c1-3-30-23-12-11-18(16-24(23)31-4-2)13-14-27-26(29)20-17-22(25-10-7-15-32-25)28-21-9-6-5-8-19(20)21/h5-12,15-17H,3-4,13-14H2,1-2H3,(H,27,29). The van der Waals surface area contributed by atoms with E-state index in [1.54, 1.807) is 11.3 Å². The highest BCUT2D eigenvalue weighted by molar-refractivity contribution is 7.13. The van der Waals surface area contributed by atoms with Crippen LogP contribution in [0.5, 0.6) is 11.5 Å². The minimum absolute atomic E-state index is 0.0997. The van der Waals surface area contributed by atoms with Gasteiger partial charge in [-0.3, -0.25) is 4.79 Å². The molecule has 1 amide bonds. The Balaban J connectivity index is 1.50. The van der Waals surface area contributed by atoms with Crippen LogP contribution in [-0.2, 0) is 6.42 Å². The maximum atomic E-state index is 13.1. The molecule has 0 aliphatic rings. The number of benzene rings is 2. The average molecular weight is 447 g/mol. The molecule has 4 aromatic rings. The smallest absolute Gasteiger partial charge is 0.252 e. The van der Waals surface area contributed by atoms with Gasteiger partial charge in [0.25, 0.3) is 5.91 Å². The highest BCUT2D eigenvalue weighted by atomic mass is 32.1. The molecule has 0 radical (unpaired) electrons. The van der Waals surface area contributed by atoms with Gasteiger partial charge >= 0.3 is 0 Å². The molecule has 0 aliphatic carbocycles. The Labute approximate surface area is 192 Å². The second-order valence-corrected chi connectivity index (χ2v) is 8.15. The lowest BCUT2D eigenvalue weighted by atomic mass is 10.1. The zero-order valence-electron chi connectivity index (χ0n) is 18.3. The van der Waals surface area contributed by atoms with Gasteiger partial charge in [0.2, 0.25) is 0 Å². The van der Waals surface area contributed by atoms with Crippen LogP contribution in [0.15, 0.2) is 66.0 Å². The van der Waals surface area contributed by atoms with Crippen molar-refractivity contribution in [2.45, 2.75) is 20.3 Å². The lowest BCUT2D eigenvalue weighted by Crippen LogP contribution is -2.26. The minimum Gasteiger partial charge on any atom is -0.490 e. The van der Waals surface area contributed by atoms with Crippen molar-refractivity contribution >= 4 is 28.1 Å². The van der Waals surface area contributed by atoms with Crippen molar-refractivity contribution in [3.63, 3.8) is 0 Å². The lowest BCUT2D eigenvalue weighted by Gasteiger charge is -2.13. The number of pyridine rings is 1. The van der Waals surface area contributed by atoms with E-state index in [1.165, 1.54) is 0 Å². The topological polar surface area (TPSA) is 60.5 Å². The summed E-state index contributed by atoms with van der Waals surface area (Å²) in [4.78, 5) is 18.9. The number of hydrogen-bond donors (Lipinski definition) is 1. The van der Waals surface area contributed by atoms with Crippen LogP contribution in [0.2, 0.25) is 0 Å². The summed E-state index contributed by atoms with van der Waals surface area (Å²) in [7, 11) is 0. The number of fused-ring (bicyclic) bond motifs is 1. The van der Waals surface area contributed by atoms with Crippen molar-refractivity contribution in [2.75, 3.05) is 19.8 Å². The summed E-state index contributed by atoms with van der Waals surface area (Å²) in [5.41, 5.74) is 3.35. The molecule has 5 nitrogen and oxygen atoms in total. The van der Waals surface area contributed by atoms with E-state index in [1.807, 2.05) is 79.9 Å². The molecule has 0 atom stereocenters. The number of nitrogens with zero attached hydrogens (tertiary/aromatic N) is 1. The first-order valence-electron chi connectivity index (χ1n) is 10.8. The Bertz CT molecular complexity index is 1210. The van der Waals surface area contributed by atoms with Gasteiger partial charge in [0.05, 0.1) is 34.9 Å². The van der Waals surface area contributed by atoms with E-state index >= 15 is 0 Å². The van der Waals surface area contributed by atoms with Crippen LogP contribution in [0.3, 0.4) is 0 Å². The van der Waals surface area contributed by atoms with Gasteiger partial charge in [-0.15, -0.1) is 11.3 Å². The fourth-order valence-electron chi connectivity index (χ4n) is 3.58. The van der Waals surface area contributed by atoms with E-state index in [-0.39, 0.29) is 5.91 Å². The van der Waals surface area contributed by atoms with E-state index in [4.69, 9.17) is 14.5 Å². The van der Waals surface area contributed by atoms with Crippen LogP contribution < -0.4 is 14.8 Å². The van der Waals surface area contributed by atoms with E-state index < -0.39 is 0 Å². The summed E-state index contributed by atoms with van der Waals surface area (Å²) >= 11 is 1.61. The number of nitrogens with one attached hydrogen (secondary N) is 1. The van der Waals surface area contributed by atoms with Gasteiger partial charge in [-0.2, -0.15) is 0 Å². The summed E-state index contributed by atoms with van der Waals surface area (Å²) in [6.07, 6.45) is 0.693. The quantitative estimate of drug-likeness (QED) is 0.356. The van der Waals surface area contributed by atoms with E-state index in [2.05, 4.69) is 5.32 Å². The molecule has 1 N–H and O–H groups in total. The number of amides is 1. The first kappa shape index (κ1) is 21.8. The zero-order valence-corrected chi connectivity index (χ0v) is 19.1. The summed E-state index contributed by atoms with van der Waals surface area (Å²) in [6, 6.07) is 19.6. The molecule has 0 fully saturated rings. The Hall–Kier alpha value is -3.38. The number of rotatable bonds is 9. The van der Waals surface area contributed by atoms with Gasteiger partial charge in [-0.1, -0.05) is 30.3 Å². The van der Waals surface area contributed by atoms with Crippen LogP contribution in [0.1, 0.15) is 29.8 Å². The molecule has 2 aromatic heterocycles. The molecule has 0 unspecified atom stereocenters. The molecule has 2 heterocycles. The molecule has 0 saturated carbocycles. The predicted molar refractivity (Wildman–Crippen MR) is 130 cm³/mol. The first-order chi connectivity index (χ1) is 15.7. The number of ether oxygens (including phenoxy) is 2. The van der Waals surface area contributed by atoms with Crippen molar-refractivity contribution in [1.29, 1.82) is 0 Å². The maximum Gasteiger partial charge on any atom is 0.252 e. The number of thiophene rings is 1. The second kappa shape index (κ2) is 10.3. The molecule has 32 heavy (non-hydrogen) atoms. The van der Waals surface area contributed by atoms with Crippen LogP contribution >= 0.6 is 11.3 Å². The Morgan fingerprint density at radius 2 is 1.78 bits per heavy atom.